The van der Waals surface area contributed by atoms with Gasteiger partial charge >= 0.3 is 0 Å². The third-order valence-electron chi connectivity index (χ3n) is 5.54. The maximum absolute atomic E-state index is 12.8. The van der Waals surface area contributed by atoms with Gasteiger partial charge in [-0.25, -0.2) is 0 Å². The Balaban J connectivity index is 2.17. The van der Waals surface area contributed by atoms with Crippen LogP contribution in [0.5, 0.6) is 11.5 Å². The lowest BCUT2D eigenvalue weighted by Crippen LogP contribution is -2.33. The molecule has 5 nitrogen and oxygen atoms in total. The standard InChI is InChI=1S/C24H32N2O3/c1-7-8-17-13-20(28-5)24(21(14-17)29-6)23-16(2)9-10-19-18(23)15-22(27)26(19)12-11-25(3)4/h9-10,13-14H,7-8,11-12,15H2,1-6H3. The Bertz CT molecular complexity index is 880. The molecule has 0 bridgehead atoms. The third-order valence-corrected chi connectivity index (χ3v) is 5.54. The minimum absolute atomic E-state index is 0.147. The number of carbonyl (C=O) groups excluding carboxylic acids is 1. The number of benzene rings is 2. The SMILES string of the molecule is CCCc1cc(OC)c(-c2c(C)ccc3c2CC(=O)N3CCN(C)C)c(OC)c1. The van der Waals surface area contributed by atoms with Crippen molar-refractivity contribution in [3.8, 4) is 22.6 Å². The Morgan fingerprint density at radius 1 is 1.07 bits per heavy atom. The van der Waals surface area contributed by atoms with Crippen LogP contribution in [0, 0.1) is 6.92 Å². The first-order valence-electron chi connectivity index (χ1n) is 10.2. The molecule has 156 valence electrons. The van der Waals surface area contributed by atoms with Gasteiger partial charge < -0.3 is 19.3 Å². The van der Waals surface area contributed by atoms with Crippen LogP contribution in [0.1, 0.15) is 30.0 Å². The van der Waals surface area contributed by atoms with Gasteiger partial charge in [0.1, 0.15) is 11.5 Å². The van der Waals surface area contributed by atoms with Crippen LogP contribution in [0.3, 0.4) is 0 Å². The Hall–Kier alpha value is -2.53. The summed E-state index contributed by atoms with van der Waals surface area (Å²) in [5.74, 6) is 1.74. The number of amides is 1. The first-order valence-corrected chi connectivity index (χ1v) is 10.2. The highest BCUT2D eigenvalue weighted by molar-refractivity contribution is 6.05. The molecular weight excluding hydrogens is 364 g/mol. The first-order chi connectivity index (χ1) is 13.9. The van der Waals surface area contributed by atoms with Gasteiger partial charge in [-0.3, -0.25) is 4.79 Å². The summed E-state index contributed by atoms with van der Waals surface area (Å²) in [6.45, 7) is 5.76. The largest absolute Gasteiger partial charge is 0.496 e. The van der Waals surface area contributed by atoms with Gasteiger partial charge in [-0.15, -0.1) is 0 Å². The van der Waals surface area contributed by atoms with Crippen molar-refractivity contribution in [2.24, 2.45) is 0 Å². The highest BCUT2D eigenvalue weighted by atomic mass is 16.5. The maximum Gasteiger partial charge on any atom is 0.231 e. The minimum atomic E-state index is 0.147. The zero-order valence-corrected chi connectivity index (χ0v) is 18.5. The number of ether oxygens (including phenoxy) is 2. The van der Waals surface area contributed by atoms with E-state index in [1.54, 1.807) is 14.2 Å². The van der Waals surface area contributed by atoms with Gasteiger partial charge in [0.05, 0.1) is 26.2 Å². The molecule has 1 aliphatic rings. The number of aryl methyl sites for hydroxylation is 2. The summed E-state index contributed by atoms with van der Waals surface area (Å²) in [5, 5.41) is 0. The molecule has 0 saturated heterocycles. The molecular formula is C24H32N2O3. The van der Waals surface area contributed by atoms with Crippen molar-refractivity contribution >= 4 is 11.6 Å². The molecule has 0 radical (unpaired) electrons. The van der Waals surface area contributed by atoms with Gasteiger partial charge in [0.2, 0.25) is 5.91 Å². The summed E-state index contributed by atoms with van der Waals surface area (Å²) in [5.41, 5.74) is 6.36. The fraction of sp³-hybridized carbons (Fsp3) is 0.458. The highest BCUT2D eigenvalue weighted by Gasteiger charge is 2.32. The van der Waals surface area contributed by atoms with E-state index in [-0.39, 0.29) is 5.91 Å². The predicted octanol–water partition coefficient (Wildman–Crippen LogP) is 4.08. The molecule has 1 amide bonds. The van der Waals surface area contributed by atoms with Gasteiger partial charge in [0.15, 0.2) is 0 Å². The first kappa shape index (κ1) is 21.2. The number of likely N-dealkylation sites (N-methyl/N-ethyl adjacent to an activating group) is 1. The fourth-order valence-corrected chi connectivity index (χ4v) is 4.11. The van der Waals surface area contributed by atoms with E-state index in [2.05, 4.69) is 43.0 Å². The second-order valence-corrected chi connectivity index (χ2v) is 7.91. The van der Waals surface area contributed by atoms with Crippen molar-refractivity contribution in [1.29, 1.82) is 0 Å². The number of nitrogens with zero attached hydrogens (tertiary/aromatic N) is 2. The average molecular weight is 397 g/mol. The minimum Gasteiger partial charge on any atom is -0.496 e. The molecule has 0 atom stereocenters. The van der Waals surface area contributed by atoms with Crippen LogP contribution < -0.4 is 14.4 Å². The van der Waals surface area contributed by atoms with Gasteiger partial charge in [-0.2, -0.15) is 0 Å². The molecule has 0 unspecified atom stereocenters. The van der Waals surface area contributed by atoms with Crippen molar-refractivity contribution in [2.75, 3.05) is 46.3 Å². The molecule has 0 saturated carbocycles. The predicted molar refractivity (Wildman–Crippen MR) is 118 cm³/mol. The van der Waals surface area contributed by atoms with E-state index in [0.717, 1.165) is 58.8 Å². The molecule has 0 N–H and O–H groups in total. The monoisotopic (exact) mass is 396 g/mol. The highest BCUT2D eigenvalue weighted by Crippen LogP contribution is 2.47. The summed E-state index contributed by atoms with van der Waals surface area (Å²) in [6, 6.07) is 8.36. The molecule has 0 spiro atoms. The van der Waals surface area contributed by atoms with Crippen molar-refractivity contribution in [1.82, 2.24) is 4.90 Å². The van der Waals surface area contributed by atoms with E-state index >= 15 is 0 Å². The van der Waals surface area contributed by atoms with Crippen molar-refractivity contribution in [3.05, 3.63) is 41.0 Å². The molecule has 3 rings (SSSR count). The van der Waals surface area contributed by atoms with Crippen LogP contribution in [0.15, 0.2) is 24.3 Å². The summed E-state index contributed by atoms with van der Waals surface area (Å²) >= 11 is 0. The fourth-order valence-electron chi connectivity index (χ4n) is 4.11. The molecule has 0 fully saturated rings. The molecule has 0 aromatic heterocycles. The Morgan fingerprint density at radius 2 is 1.72 bits per heavy atom. The third kappa shape index (κ3) is 4.10. The average Bonchev–Trinajstić information content (AvgIpc) is 3.01. The molecule has 5 heteroatoms. The zero-order chi connectivity index (χ0) is 21.1. The molecule has 1 aliphatic heterocycles. The van der Waals surface area contributed by atoms with Gasteiger partial charge in [-0.1, -0.05) is 19.4 Å². The van der Waals surface area contributed by atoms with Gasteiger partial charge in [0, 0.05) is 18.8 Å². The topological polar surface area (TPSA) is 42.0 Å². The van der Waals surface area contributed by atoms with Crippen LogP contribution in [0.25, 0.3) is 11.1 Å². The van der Waals surface area contributed by atoms with Crippen molar-refractivity contribution in [3.63, 3.8) is 0 Å². The molecule has 29 heavy (non-hydrogen) atoms. The van der Waals surface area contributed by atoms with E-state index in [4.69, 9.17) is 9.47 Å². The van der Waals surface area contributed by atoms with E-state index in [9.17, 15) is 4.79 Å². The molecule has 2 aromatic carbocycles. The van der Waals surface area contributed by atoms with Crippen LogP contribution in [0.2, 0.25) is 0 Å². The Morgan fingerprint density at radius 3 is 2.28 bits per heavy atom. The molecule has 2 aromatic rings. The second-order valence-electron chi connectivity index (χ2n) is 7.91. The lowest BCUT2D eigenvalue weighted by Gasteiger charge is -2.22. The molecule has 1 heterocycles. The lowest BCUT2D eigenvalue weighted by atomic mass is 9.90. The van der Waals surface area contributed by atoms with Gasteiger partial charge in [-0.05, 0) is 67.9 Å². The summed E-state index contributed by atoms with van der Waals surface area (Å²) in [6.07, 6.45) is 2.43. The number of hydrogen-bond acceptors (Lipinski definition) is 4. The van der Waals surface area contributed by atoms with E-state index < -0.39 is 0 Å². The van der Waals surface area contributed by atoms with Crippen molar-refractivity contribution in [2.45, 2.75) is 33.1 Å². The summed E-state index contributed by atoms with van der Waals surface area (Å²) in [4.78, 5) is 16.8. The van der Waals surface area contributed by atoms with E-state index in [0.29, 0.717) is 13.0 Å². The number of fused-ring (bicyclic) bond motifs is 1. The number of rotatable bonds is 8. The number of hydrogen-bond donors (Lipinski definition) is 0. The summed E-state index contributed by atoms with van der Waals surface area (Å²) < 4.78 is 11.6. The zero-order valence-electron chi connectivity index (χ0n) is 18.5. The molecule has 0 aliphatic carbocycles. The van der Waals surface area contributed by atoms with Crippen LogP contribution >= 0.6 is 0 Å². The van der Waals surface area contributed by atoms with E-state index in [1.807, 2.05) is 19.0 Å². The Labute approximate surface area is 174 Å². The number of anilines is 1. The lowest BCUT2D eigenvalue weighted by molar-refractivity contribution is -0.117. The number of carbonyl (C=O) groups is 1. The van der Waals surface area contributed by atoms with E-state index in [1.165, 1.54) is 5.56 Å². The smallest absolute Gasteiger partial charge is 0.231 e. The van der Waals surface area contributed by atoms with Crippen LogP contribution in [-0.2, 0) is 17.6 Å². The normalized spacial score (nSPS) is 13.2. The second kappa shape index (κ2) is 8.87. The van der Waals surface area contributed by atoms with Gasteiger partial charge in [0.25, 0.3) is 0 Å². The number of methoxy groups -OCH3 is 2. The Kier molecular flexibility index (Phi) is 6.48. The maximum atomic E-state index is 12.8. The quantitative estimate of drug-likeness (QED) is 0.674. The summed E-state index contributed by atoms with van der Waals surface area (Å²) in [7, 11) is 7.44. The van der Waals surface area contributed by atoms with Crippen LogP contribution in [0.4, 0.5) is 5.69 Å². The van der Waals surface area contributed by atoms with Crippen molar-refractivity contribution < 1.29 is 14.3 Å². The van der Waals surface area contributed by atoms with Crippen LogP contribution in [-0.4, -0.2) is 52.2 Å².